The van der Waals surface area contributed by atoms with Crippen LogP contribution >= 0.6 is 0 Å². The van der Waals surface area contributed by atoms with Gasteiger partial charge in [-0.05, 0) is 37.0 Å². The number of non-ortho nitro benzene ring substituents is 1. The molecule has 1 amide bonds. The third kappa shape index (κ3) is 4.96. The predicted octanol–water partition coefficient (Wildman–Crippen LogP) is 4.63. The van der Waals surface area contributed by atoms with Gasteiger partial charge in [0.2, 0.25) is 15.9 Å². The van der Waals surface area contributed by atoms with Crippen molar-refractivity contribution in [2.24, 2.45) is 5.92 Å². The number of rotatable bonds is 6. The zero-order valence-corrected chi connectivity index (χ0v) is 20.4. The predicted molar refractivity (Wildman–Crippen MR) is 135 cm³/mol. The number of nitro groups is 1. The molecule has 182 valence electrons. The number of nitro benzene ring substituents is 1. The minimum Gasteiger partial charge on any atom is -0.315 e. The highest BCUT2D eigenvalue weighted by molar-refractivity contribution is 7.89. The number of benzene rings is 3. The van der Waals surface area contributed by atoms with Crippen molar-refractivity contribution in [3.8, 4) is 11.1 Å². The van der Waals surface area contributed by atoms with E-state index in [0.717, 1.165) is 22.9 Å². The van der Waals surface area contributed by atoms with Crippen LogP contribution in [0.15, 0.2) is 77.7 Å². The molecule has 0 saturated carbocycles. The Hall–Kier alpha value is -3.56. The van der Waals surface area contributed by atoms with Crippen LogP contribution in [0.4, 0.5) is 11.4 Å². The van der Waals surface area contributed by atoms with Gasteiger partial charge < -0.3 is 4.90 Å². The van der Waals surface area contributed by atoms with E-state index >= 15 is 0 Å². The number of hydrogen-bond donors (Lipinski definition) is 0. The Morgan fingerprint density at radius 2 is 1.63 bits per heavy atom. The summed E-state index contributed by atoms with van der Waals surface area (Å²) in [4.78, 5) is 25.5. The van der Waals surface area contributed by atoms with Crippen LogP contribution in [0.25, 0.3) is 11.1 Å². The fourth-order valence-electron chi connectivity index (χ4n) is 4.48. The number of para-hydroxylation sites is 1. The lowest BCUT2D eigenvalue weighted by Crippen LogP contribution is -2.43. The summed E-state index contributed by atoms with van der Waals surface area (Å²) in [5, 5.41) is 11.1. The number of carbonyl (C=O) groups is 1. The molecule has 0 atom stereocenters. The lowest BCUT2D eigenvalue weighted by atomic mass is 9.95. The molecule has 3 aromatic rings. The van der Waals surface area contributed by atoms with Gasteiger partial charge in [-0.1, -0.05) is 54.6 Å². The van der Waals surface area contributed by atoms with E-state index in [0.29, 0.717) is 18.4 Å². The van der Waals surface area contributed by atoms with E-state index in [2.05, 4.69) is 0 Å². The second-order valence-electron chi connectivity index (χ2n) is 8.67. The van der Waals surface area contributed by atoms with Crippen LogP contribution in [0, 0.1) is 23.0 Å². The maximum atomic E-state index is 13.4. The summed E-state index contributed by atoms with van der Waals surface area (Å²) in [6.45, 7) is 1.97. The summed E-state index contributed by atoms with van der Waals surface area (Å²) >= 11 is 0. The van der Waals surface area contributed by atoms with Gasteiger partial charge in [0, 0.05) is 43.8 Å². The number of sulfonamides is 1. The molecule has 0 unspecified atom stereocenters. The maximum Gasteiger partial charge on any atom is 0.270 e. The molecule has 1 fully saturated rings. The molecule has 0 aromatic heterocycles. The molecule has 0 spiro atoms. The molecule has 4 rings (SSSR count). The summed E-state index contributed by atoms with van der Waals surface area (Å²) < 4.78 is 27.8. The summed E-state index contributed by atoms with van der Waals surface area (Å²) in [5.41, 5.74) is 2.94. The molecule has 0 bridgehead atoms. The molecule has 0 radical (unpaired) electrons. The van der Waals surface area contributed by atoms with Crippen LogP contribution < -0.4 is 4.90 Å². The van der Waals surface area contributed by atoms with Crippen molar-refractivity contribution in [1.82, 2.24) is 4.31 Å². The first-order chi connectivity index (χ1) is 16.7. The van der Waals surface area contributed by atoms with Crippen LogP contribution in [-0.4, -0.2) is 43.7 Å². The first kappa shape index (κ1) is 24.6. The fraction of sp³-hybridized carbons (Fsp3) is 0.269. The molecule has 8 nitrogen and oxygen atoms in total. The molecule has 0 aliphatic carbocycles. The zero-order valence-electron chi connectivity index (χ0n) is 19.6. The number of anilines is 1. The Morgan fingerprint density at radius 3 is 2.29 bits per heavy atom. The second-order valence-corrected chi connectivity index (χ2v) is 10.6. The van der Waals surface area contributed by atoms with Crippen LogP contribution in [-0.2, 0) is 14.8 Å². The van der Waals surface area contributed by atoms with E-state index in [4.69, 9.17) is 0 Å². The number of piperidine rings is 1. The number of carbonyl (C=O) groups excluding carboxylic acids is 1. The van der Waals surface area contributed by atoms with Crippen molar-refractivity contribution in [3.63, 3.8) is 0 Å². The molecule has 1 saturated heterocycles. The summed E-state index contributed by atoms with van der Waals surface area (Å²) in [5.74, 6) is -0.376. The SMILES string of the molecule is Cc1ccc([N+](=O)[O-])cc1S(=O)(=O)N1CCC(C(=O)N(C)c2ccccc2-c2ccccc2)CC1. The van der Waals surface area contributed by atoms with Gasteiger partial charge in [-0.25, -0.2) is 8.42 Å². The quantitative estimate of drug-likeness (QED) is 0.368. The number of hydrogen-bond acceptors (Lipinski definition) is 5. The van der Waals surface area contributed by atoms with Crippen molar-refractivity contribution in [1.29, 1.82) is 0 Å². The highest BCUT2D eigenvalue weighted by Gasteiger charge is 2.35. The third-order valence-corrected chi connectivity index (χ3v) is 8.52. The maximum absolute atomic E-state index is 13.4. The van der Waals surface area contributed by atoms with Crippen molar-refractivity contribution < 1.29 is 18.1 Å². The van der Waals surface area contributed by atoms with Crippen LogP contribution in [0.2, 0.25) is 0 Å². The topological polar surface area (TPSA) is 101 Å². The van der Waals surface area contributed by atoms with Gasteiger partial charge in [-0.2, -0.15) is 4.31 Å². The first-order valence-corrected chi connectivity index (χ1v) is 12.8. The van der Waals surface area contributed by atoms with Crippen molar-refractivity contribution in [3.05, 3.63) is 88.5 Å². The van der Waals surface area contributed by atoms with Crippen molar-refractivity contribution in [2.45, 2.75) is 24.7 Å². The average molecular weight is 494 g/mol. The molecule has 1 heterocycles. The molecule has 9 heteroatoms. The van der Waals surface area contributed by atoms with Gasteiger partial charge in [0.25, 0.3) is 5.69 Å². The third-order valence-electron chi connectivity index (χ3n) is 6.48. The van der Waals surface area contributed by atoms with E-state index in [1.807, 2.05) is 54.6 Å². The summed E-state index contributed by atoms with van der Waals surface area (Å²) in [6.07, 6.45) is 0.758. The Balaban J connectivity index is 1.50. The smallest absolute Gasteiger partial charge is 0.270 e. The molecule has 35 heavy (non-hydrogen) atoms. The fourth-order valence-corrected chi connectivity index (χ4v) is 6.20. The molecular weight excluding hydrogens is 466 g/mol. The van der Waals surface area contributed by atoms with Crippen molar-refractivity contribution in [2.75, 3.05) is 25.0 Å². The lowest BCUT2D eigenvalue weighted by molar-refractivity contribution is -0.385. The van der Waals surface area contributed by atoms with Crippen LogP contribution in [0.3, 0.4) is 0 Å². The monoisotopic (exact) mass is 493 g/mol. The number of nitrogens with zero attached hydrogens (tertiary/aromatic N) is 3. The van der Waals surface area contributed by atoms with Crippen molar-refractivity contribution >= 4 is 27.3 Å². The highest BCUT2D eigenvalue weighted by atomic mass is 32.2. The summed E-state index contributed by atoms with van der Waals surface area (Å²) in [7, 11) is -2.16. The molecule has 1 aliphatic rings. The number of amides is 1. The zero-order chi connectivity index (χ0) is 25.2. The van der Waals surface area contributed by atoms with Gasteiger partial charge in [0.1, 0.15) is 0 Å². The molecular formula is C26H27N3O5S. The van der Waals surface area contributed by atoms with Gasteiger partial charge in [0.15, 0.2) is 0 Å². The standard InChI is InChI=1S/C26H27N3O5S/c1-19-12-13-22(29(31)32)18-25(19)35(33,34)28-16-14-21(15-17-28)26(30)27(2)24-11-7-6-10-23(24)20-8-4-3-5-9-20/h3-13,18,21H,14-17H2,1-2H3. The van der Waals surface area contributed by atoms with Gasteiger partial charge in [-0.15, -0.1) is 0 Å². The summed E-state index contributed by atoms with van der Waals surface area (Å²) in [6, 6.07) is 21.4. The molecule has 1 aliphatic heterocycles. The minimum absolute atomic E-state index is 0.0584. The van der Waals surface area contributed by atoms with Crippen LogP contribution in [0.1, 0.15) is 18.4 Å². The Kier molecular flexibility index (Phi) is 7.00. The number of aryl methyl sites for hydroxylation is 1. The first-order valence-electron chi connectivity index (χ1n) is 11.4. The van der Waals surface area contributed by atoms with E-state index in [-0.39, 0.29) is 35.5 Å². The second kappa shape index (κ2) is 9.97. The van der Waals surface area contributed by atoms with Gasteiger partial charge in [0.05, 0.1) is 15.5 Å². The van der Waals surface area contributed by atoms with E-state index < -0.39 is 14.9 Å². The average Bonchev–Trinajstić information content (AvgIpc) is 2.88. The molecule has 3 aromatic carbocycles. The van der Waals surface area contributed by atoms with E-state index in [9.17, 15) is 23.3 Å². The van der Waals surface area contributed by atoms with E-state index in [1.54, 1.807) is 18.9 Å². The Morgan fingerprint density at radius 1 is 1.00 bits per heavy atom. The highest BCUT2D eigenvalue weighted by Crippen LogP contribution is 2.33. The largest absolute Gasteiger partial charge is 0.315 e. The minimum atomic E-state index is -3.91. The van der Waals surface area contributed by atoms with Crippen LogP contribution in [0.5, 0.6) is 0 Å². The van der Waals surface area contributed by atoms with Gasteiger partial charge >= 0.3 is 0 Å². The Labute approximate surface area is 205 Å². The van der Waals surface area contributed by atoms with Gasteiger partial charge in [-0.3, -0.25) is 14.9 Å². The lowest BCUT2D eigenvalue weighted by Gasteiger charge is -2.33. The normalized spacial score (nSPS) is 15.0. The van der Waals surface area contributed by atoms with E-state index in [1.165, 1.54) is 16.4 Å². The molecule has 0 N–H and O–H groups in total. The Bertz CT molecular complexity index is 1350.